The summed E-state index contributed by atoms with van der Waals surface area (Å²) in [5, 5.41) is 8.02. The summed E-state index contributed by atoms with van der Waals surface area (Å²) in [6, 6.07) is 17.8. The molecule has 3 aromatic rings. The predicted molar refractivity (Wildman–Crippen MR) is 93.4 cm³/mol. The Morgan fingerprint density at radius 1 is 0.952 bits per heavy atom. The molecule has 0 aliphatic rings. The van der Waals surface area contributed by atoms with Crippen LogP contribution in [0.25, 0.3) is 0 Å². The van der Waals surface area contributed by atoms with Gasteiger partial charge in [0.25, 0.3) is 0 Å². The van der Waals surface area contributed by atoms with Gasteiger partial charge in [-0.25, -0.2) is 0 Å². The smallest absolute Gasteiger partial charge is 0.0764 e. The summed E-state index contributed by atoms with van der Waals surface area (Å²) in [4.78, 5) is 2.78. The Kier molecular flexibility index (Phi) is 4.86. The molecule has 1 N–H and O–H groups in total. The first kappa shape index (κ1) is 14.5. The van der Waals surface area contributed by atoms with Gasteiger partial charge in [-0.15, -0.1) is 22.7 Å². The molecule has 108 valence electrons. The molecule has 0 amide bonds. The number of hydrogen-bond donors (Lipinski definition) is 1. The second-order valence-corrected chi connectivity index (χ2v) is 7.12. The minimum absolute atomic E-state index is 0.329. The number of thiophene rings is 2. The highest BCUT2D eigenvalue weighted by Crippen LogP contribution is 2.29. The van der Waals surface area contributed by atoms with Crippen LogP contribution < -0.4 is 5.32 Å². The molecule has 1 aromatic carbocycles. The van der Waals surface area contributed by atoms with E-state index in [0.717, 1.165) is 13.0 Å². The molecule has 1 nitrogen and oxygen atoms in total. The third-order valence-corrected chi connectivity index (χ3v) is 5.37. The first-order valence-electron chi connectivity index (χ1n) is 7.18. The van der Waals surface area contributed by atoms with Crippen molar-refractivity contribution in [2.45, 2.75) is 19.4 Å². The number of rotatable bonds is 6. The lowest BCUT2D eigenvalue weighted by molar-refractivity contribution is 0.621. The SMILES string of the molecule is Cc1cccc(CCNC(c2cccs2)c2cccs2)c1. The van der Waals surface area contributed by atoms with Gasteiger partial charge in [-0.2, -0.15) is 0 Å². The van der Waals surface area contributed by atoms with E-state index < -0.39 is 0 Å². The summed E-state index contributed by atoms with van der Waals surface area (Å²) in [6.45, 7) is 3.14. The maximum Gasteiger partial charge on any atom is 0.0764 e. The van der Waals surface area contributed by atoms with Crippen LogP contribution >= 0.6 is 22.7 Å². The molecule has 0 unspecified atom stereocenters. The van der Waals surface area contributed by atoms with Crippen LogP contribution in [0.15, 0.2) is 59.3 Å². The van der Waals surface area contributed by atoms with Gasteiger partial charge >= 0.3 is 0 Å². The van der Waals surface area contributed by atoms with Gasteiger partial charge in [-0.1, -0.05) is 42.0 Å². The first-order valence-corrected chi connectivity index (χ1v) is 8.94. The molecular weight excluding hydrogens is 294 g/mol. The van der Waals surface area contributed by atoms with Crippen LogP contribution in [0.2, 0.25) is 0 Å². The maximum absolute atomic E-state index is 3.71. The van der Waals surface area contributed by atoms with Crippen molar-refractivity contribution in [2.75, 3.05) is 6.54 Å². The van der Waals surface area contributed by atoms with E-state index >= 15 is 0 Å². The van der Waals surface area contributed by atoms with E-state index in [2.05, 4.69) is 71.5 Å². The number of benzene rings is 1. The molecule has 3 rings (SSSR count). The van der Waals surface area contributed by atoms with Gasteiger partial charge in [-0.3, -0.25) is 0 Å². The number of aryl methyl sites for hydroxylation is 1. The zero-order valence-corrected chi connectivity index (χ0v) is 13.7. The van der Waals surface area contributed by atoms with E-state index in [1.807, 2.05) is 22.7 Å². The van der Waals surface area contributed by atoms with Crippen LogP contribution in [-0.2, 0) is 6.42 Å². The number of hydrogen-bond acceptors (Lipinski definition) is 3. The fourth-order valence-electron chi connectivity index (χ4n) is 2.48. The molecule has 0 aliphatic heterocycles. The van der Waals surface area contributed by atoms with Crippen molar-refractivity contribution >= 4 is 22.7 Å². The average molecular weight is 313 g/mol. The van der Waals surface area contributed by atoms with Crippen LogP contribution in [-0.4, -0.2) is 6.54 Å². The van der Waals surface area contributed by atoms with Crippen molar-refractivity contribution in [1.82, 2.24) is 5.32 Å². The van der Waals surface area contributed by atoms with Crippen LogP contribution in [0, 0.1) is 6.92 Å². The Bertz CT molecular complexity index is 622. The lowest BCUT2D eigenvalue weighted by Gasteiger charge is -2.16. The van der Waals surface area contributed by atoms with Crippen LogP contribution in [0.5, 0.6) is 0 Å². The number of nitrogens with one attached hydrogen (secondary N) is 1. The topological polar surface area (TPSA) is 12.0 Å². The summed E-state index contributed by atoms with van der Waals surface area (Å²) >= 11 is 3.64. The van der Waals surface area contributed by atoms with Crippen molar-refractivity contribution in [1.29, 1.82) is 0 Å². The molecule has 0 saturated heterocycles. The van der Waals surface area contributed by atoms with Crippen molar-refractivity contribution in [3.63, 3.8) is 0 Å². The summed E-state index contributed by atoms with van der Waals surface area (Å²) in [5.74, 6) is 0. The first-order chi connectivity index (χ1) is 10.3. The molecule has 2 aromatic heterocycles. The van der Waals surface area contributed by atoms with Crippen molar-refractivity contribution in [3.8, 4) is 0 Å². The van der Waals surface area contributed by atoms with Crippen molar-refractivity contribution in [3.05, 3.63) is 80.2 Å². The standard InChI is InChI=1S/C18H19NS2/c1-14-5-2-6-15(13-14)9-10-19-18(16-7-3-11-20-16)17-8-4-12-21-17/h2-8,11-13,18-19H,9-10H2,1H3. The van der Waals surface area contributed by atoms with Gasteiger partial charge in [0, 0.05) is 16.3 Å². The summed E-state index contributed by atoms with van der Waals surface area (Å²) in [7, 11) is 0. The predicted octanol–water partition coefficient (Wildman–Crippen LogP) is 5.04. The van der Waals surface area contributed by atoms with E-state index in [1.54, 1.807) is 0 Å². The lowest BCUT2D eigenvalue weighted by atomic mass is 10.1. The van der Waals surface area contributed by atoms with Crippen molar-refractivity contribution < 1.29 is 0 Å². The molecule has 0 fully saturated rings. The Balaban J connectivity index is 1.66. The minimum Gasteiger partial charge on any atom is -0.305 e. The molecule has 2 heterocycles. The van der Waals surface area contributed by atoms with Crippen molar-refractivity contribution in [2.24, 2.45) is 0 Å². The lowest BCUT2D eigenvalue weighted by Crippen LogP contribution is -2.23. The minimum atomic E-state index is 0.329. The fourth-order valence-corrected chi connectivity index (χ4v) is 4.19. The monoisotopic (exact) mass is 313 g/mol. The fraction of sp³-hybridized carbons (Fsp3) is 0.222. The maximum atomic E-state index is 3.71. The zero-order valence-electron chi connectivity index (χ0n) is 12.1. The van der Waals surface area contributed by atoms with Gasteiger partial charge in [0.05, 0.1) is 6.04 Å². The van der Waals surface area contributed by atoms with E-state index in [1.165, 1.54) is 20.9 Å². The summed E-state index contributed by atoms with van der Waals surface area (Å²) in [6.07, 6.45) is 1.06. The molecule has 0 aliphatic carbocycles. The third kappa shape index (κ3) is 3.82. The largest absolute Gasteiger partial charge is 0.305 e. The zero-order chi connectivity index (χ0) is 14.5. The second kappa shape index (κ2) is 7.03. The highest BCUT2D eigenvalue weighted by atomic mass is 32.1. The summed E-state index contributed by atoms with van der Waals surface area (Å²) < 4.78 is 0. The molecule has 0 saturated carbocycles. The highest BCUT2D eigenvalue weighted by Gasteiger charge is 2.15. The molecule has 0 spiro atoms. The normalized spacial score (nSPS) is 11.1. The van der Waals surface area contributed by atoms with Crippen LogP contribution in [0.1, 0.15) is 26.9 Å². The molecule has 0 radical (unpaired) electrons. The third-order valence-electron chi connectivity index (χ3n) is 3.50. The van der Waals surface area contributed by atoms with E-state index in [-0.39, 0.29) is 0 Å². The van der Waals surface area contributed by atoms with Gasteiger partial charge in [-0.05, 0) is 41.8 Å². The molecule has 3 heteroatoms. The molecule has 0 atom stereocenters. The van der Waals surface area contributed by atoms with Crippen LogP contribution in [0.3, 0.4) is 0 Å². The van der Waals surface area contributed by atoms with Gasteiger partial charge in [0.1, 0.15) is 0 Å². The average Bonchev–Trinajstić information content (AvgIpc) is 3.17. The second-order valence-electron chi connectivity index (χ2n) is 5.16. The Morgan fingerprint density at radius 3 is 2.24 bits per heavy atom. The Labute approximate surface area is 134 Å². The van der Waals surface area contributed by atoms with E-state index in [0.29, 0.717) is 6.04 Å². The van der Waals surface area contributed by atoms with Gasteiger partial charge in [0.2, 0.25) is 0 Å². The van der Waals surface area contributed by atoms with E-state index in [9.17, 15) is 0 Å². The molecular formula is C18H19NS2. The van der Waals surface area contributed by atoms with E-state index in [4.69, 9.17) is 0 Å². The van der Waals surface area contributed by atoms with Crippen LogP contribution in [0.4, 0.5) is 0 Å². The van der Waals surface area contributed by atoms with Gasteiger partial charge < -0.3 is 5.32 Å². The van der Waals surface area contributed by atoms with Gasteiger partial charge in [0.15, 0.2) is 0 Å². The quantitative estimate of drug-likeness (QED) is 0.672. The molecule has 21 heavy (non-hydrogen) atoms. The highest BCUT2D eigenvalue weighted by molar-refractivity contribution is 7.11. The Hall–Kier alpha value is -1.42. The molecule has 0 bridgehead atoms. The Morgan fingerprint density at radius 2 is 1.67 bits per heavy atom. The summed E-state index contributed by atoms with van der Waals surface area (Å²) in [5.41, 5.74) is 2.74.